The first-order valence-electron chi connectivity index (χ1n) is 6.14. The highest BCUT2D eigenvalue weighted by Crippen LogP contribution is 2.16. The molecule has 3 nitrogen and oxygen atoms in total. The van der Waals surface area contributed by atoms with E-state index in [-0.39, 0.29) is 0 Å². The molecule has 0 aliphatic carbocycles. The molecular formula is C11H27NO2Si. The number of hydrogen-bond acceptors (Lipinski definition) is 3. The van der Waals surface area contributed by atoms with Crippen LogP contribution in [0.15, 0.2) is 0 Å². The van der Waals surface area contributed by atoms with E-state index in [1.165, 1.54) is 0 Å². The summed E-state index contributed by atoms with van der Waals surface area (Å²) in [5, 5.41) is 3.18. The Morgan fingerprint density at radius 2 is 1.67 bits per heavy atom. The highest BCUT2D eigenvalue weighted by atomic mass is 28.3. The average Bonchev–Trinajstić information content (AvgIpc) is 2.26. The molecule has 0 aliphatic rings. The van der Waals surface area contributed by atoms with Gasteiger partial charge in [0.05, 0.1) is 0 Å². The highest BCUT2D eigenvalue weighted by molar-refractivity contribution is 6.46. The van der Waals surface area contributed by atoms with E-state index >= 15 is 0 Å². The van der Waals surface area contributed by atoms with Gasteiger partial charge in [0, 0.05) is 13.2 Å². The normalized spacial score (nSPS) is 13.4. The SMILES string of the molecule is CCCO[SiH](OCCC)C(C)CCNC. The van der Waals surface area contributed by atoms with Gasteiger partial charge in [0.15, 0.2) is 0 Å². The van der Waals surface area contributed by atoms with Crippen molar-refractivity contribution in [1.29, 1.82) is 0 Å². The number of nitrogens with one attached hydrogen (secondary N) is 1. The molecule has 4 heteroatoms. The van der Waals surface area contributed by atoms with Crippen LogP contribution in [0.5, 0.6) is 0 Å². The van der Waals surface area contributed by atoms with Crippen molar-refractivity contribution in [2.24, 2.45) is 0 Å². The summed E-state index contributed by atoms with van der Waals surface area (Å²) in [5.74, 6) is 0. The van der Waals surface area contributed by atoms with Gasteiger partial charge in [-0.1, -0.05) is 20.8 Å². The summed E-state index contributed by atoms with van der Waals surface area (Å²) >= 11 is 0. The van der Waals surface area contributed by atoms with Gasteiger partial charge >= 0.3 is 9.28 Å². The molecule has 0 aromatic heterocycles. The van der Waals surface area contributed by atoms with Crippen LogP contribution in [-0.2, 0) is 8.85 Å². The first-order chi connectivity index (χ1) is 7.26. The molecule has 0 radical (unpaired) electrons. The molecule has 0 fully saturated rings. The predicted octanol–water partition coefficient (Wildman–Crippen LogP) is 2.06. The minimum atomic E-state index is -1.43. The monoisotopic (exact) mass is 233 g/mol. The Hall–Kier alpha value is 0.0969. The Morgan fingerprint density at radius 1 is 1.13 bits per heavy atom. The third-order valence-corrected chi connectivity index (χ3v) is 4.68. The summed E-state index contributed by atoms with van der Waals surface area (Å²) in [5.41, 5.74) is 0.593. The number of hydrogen-bond donors (Lipinski definition) is 1. The van der Waals surface area contributed by atoms with Crippen molar-refractivity contribution in [2.75, 3.05) is 26.8 Å². The first kappa shape index (κ1) is 15.1. The van der Waals surface area contributed by atoms with Crippen LogP contribution in [0.2, 0.25) is 5.54 Å². The van der Waals surface area contributed by atoms with Crippen LogP contribution in [-0.4, -0.2) is 36.1 Å². The molecule has 0 aromatic carbocycles. The van der Waals surface area contributed by atoms with Crippen LogP contribution < -0.4 is 5.32 Å². The Labute approximate surface area is 96.4 Å². The summed E-state index contributed by atoms with van der Waals surface area (Å²) in [6.45, 7) is 9.29. The predicted molar refractivity (Wildman–Crippen MR) is 67.6 cm³/mol. The van der Waals surface area contributed by atoms with Crippen LogP contribution in [0, 0.1) is 0 Å². The maximum atomic E-state index is 5.84. The summed E-state index contributed by atoms with van der Waals surface area (Å²) in [6, 6.07) is 0. The van der Waals surface area contributed by atoms with Crippen molar-refractivity contribution < 1.29 is 8.85 Å². The third kappa shape index (κ3) is 7.96. The lowest BCUT2D eigenvalue weighted by molar-refractivity contribution is 0.187. The Bertz CT molecular complexity index is 128. The quantitative estimate of drug-likeness (QED) is 0.586. The smallest absolute Gasteiger partial charge is 0.324 e. The van der Waals surface area contributed by atoms with Gasteiger partial charge in [-0.15, -0.1) is 0 Å². The van der Waals surface area contributed by atoms with Gasteiger partial charge in [0.1, 0.15) is 0 Å². The zero-order valence-electron chi connectivity index (χ0n) is 10.7. The van der Waals surface area contributed by atoms with Crippen LogP contribution in [0.4, 0.5) is 0 Å². The van der Waals surface area contributed by atoms with Gasteiger partial charge in [-0.05, 0) is 38.4 Å². The highest BCUT2D eigenvalue weighted by Gasteiger charge is 2.21. The van der Waals surface area contributed by atoms with Gasteiger partial charge in [0.25, 0.3) is 0 Å². The molecule has 92 valence electrons. The molecule has 0 aliphatic heterocycles. The van der Waals surface area contributed by atoms with E-state index in [0.29, 0.717) is 5.54 Å². The summed E-state index contributed by atoms with van der Waals surface area (Å²) in [7, 11) is 0.554. The molecule has 0 saturated heterocycles. The summed E-state index contributed by atoms with van der Waals surface area (Å²) in [4.78, 5) is 0. The van der Waals surface area contributed by atoms with E-state index in [4.69, 9.17) is 8.85 Å². The fraction of sp³-hybridized carbons (Fsp3) is 1.00. The van der Waals surface area contributed by atoms with Crippen molar-refractivity contribution in [3.05, 3.63) is 0 Å². The molecule has 1 unspecified atom stereocenters. The lowest BCUT2D eigenvalue weighted by Gasteiger charge is -2.22. The fourth-order valence-electron chi connectivity index (χ4n) is 1.35. The molecular weight excluding hydrogens is 206 g/mol. The summed E-state index contributed by atoms with van der Waals surface area (Å²) < 4.78 is 11.7. The maximum Gasteiger partial charge on any atom is 0.324 e. The molecule has 0 heterocycles. The van der Waals surface area contributed by atoms with Gasteiger partial charge in [-0.2, -0.15) is 0 Å². The first-order valence-corrected chi connectivity index (χ1v) is 7.74. The van der Waals surface area contributed by atoms with Crippen LogP contribution >= 0.6 is 0 Å². The second-order valence-electron chi connectivity index (χ2n) is 3.98. The summed E-state index contributed by atoms with van der Waals surface area (Å²) in [6.07, 6.45) is 3.32. The van der Waals surface area contributed by atoms with Gasteiger partial charge in [-0.3, -0.25) is 0 Å². The standard InChI is InChI=1S/C11H27NO2Si/c1-5-9-13-15(14-10-6-2)11(3)7-8-12-4/h11-12,15H,5-10H2,1-4H3. The molecule has 1 N–H and O–H groups in total. The van der Waals surface area contributed by atoms with Gasteiger partial charge in [0.2, 0.25) is 0 Å². The molecule has 0 spiro atoms. The molecule has 0 bridgehead atoms. The van der Waals surface area contributed by atoms with Crippen molar-refractivity contribution in [1.82, 2.24) is 5.32 Å². The topological polar surface area (TPSA) is 30.5 Å². The third-order valence-electron chi connectivity index (χ3n) is 2.29. The van der Waals surface area contributed by atoms with Gasteiger partial charge < -0.3 is 14.2 Å². The second-order valence-corrected chi connectivity index (χ2v) is 6.52. The second kappa shape index (κ2) is 10.6. The largest absolute Gasteiger partial charge is 0.396 e. The maximum absolute atomic E-state index is 5.84. The van der Waals surface area contributed by atoms with Crippen molar-refractivity contribution in [3.63, 3.8) is 0 Å². The van der Waals surface area contributed by atoms with E-state index < -0.39 is 9.28 Å². The van der Waals surface area contributed by atoms with E-state index in [0.717, 1.165) is 39.0 Å². The van der Waals surface area contributed by atoms with E-state index in [2.05, 4.69) is 26.1 Å². The van der Waals surface area contributed by atoms with Crippen molar-refractivity contribution in [3.8, 4) is 0 Å². The average molecular weight is 233 g/mol. The lowest BCUT2D eigenvalue weighted by atomic mass is 10.3. The van der Waals surface area contributed by atoms with Gasteiger partial charge in [-0.25, -0.2) is 0 Å². The Morgan fingerprint density at radius 3 is 2.07 bits per heavy atom. The Balaban J connectivity index is 3.84. The zero-order chi connectivity index (χ0) is 11.5. The van der Waals surface area contributed by atoms with Crippen LogP contribution in [0.25, 0.3) is 0 Å². The minimum absolute atomic E-state index is 0.593. The molecule has 0 amide bonds. The van der Waals surface area contributed by atoms with E-state index in [1.807, 2.05) is 7.05 Å². The van der Waals surface area contributed by atoms with Crippen LogP contribution in [0.3, 0.4) is 0 Å². The molecule has 15 heavy (non-hydrogen) atoms. The zero-order valence-corrected chi connectivity index (χ0v) is 11.9. The molecule has 0 rings (SSSR count). The molecule has 1 atom stereocenters. The minimum Gasteiger partial charge on any atom is -0.396 e. The molecule has 0 aromatic rings. The Kier molecular flexibility index (Phi) is 10.7. The van der Waals surface area contributed by atoms with Crippen molar-refractivity contribution in [2.45, 2.75) is 45.6 Å². The molecule has 0 saturated carbocycles. The number of rotatable bonds is 10. The lowest BCUT2D eigenvalue weighted by Crippen LogP contribution is -2.30. The van der Waals surface area contributed by atoms with Crippen molar-refractivity contribution >= 4 is 9.28 Å². The van der Waals surface area contributed by atoms with E-state index in [9.17, 15) is 0 Å². The van der Waals surface area contributed by atoms with E-state index in [1.54, 1.807) is 0 Å². The fourth-order valence-corrected chi connectivity index (χ4v) is 3.48. The van der Waals surface area contributed by atoms with Crippen LogP contribution in [0.1, 0.15) is 40.0 Å².